The Bertz CT molecular complexity index is 691. The van der Waals surface area contributed by atoms with Crippen LogP contribution in [0.4, 0.5) is 0 Å². The zero-order chi connectivity index (χ0) is 16.3. The van der Waals surface area contributed by atoms with E-state index >= 15 is 0 Å². The maximum atomic E-state index is 12.3. The molecule has 0 N–H and O–H groups in total. The molecule has 0 fully saturated rings. The lowest BCUT2D eigenvalue weighted by atomic mass is 10.1. The second-order valence-corrected chi connectivity index (χ2v) is 5.99. The molecule has 1 aromatic heterocycles. The predicted molar refractivity (Wildman–Crippen MR) is 83.8 cm³/mol. The predicted octanol–water partition coefficient (Wildman–Crippen LogP) is 3.20. The number of nitrogens with zero attached hydrogens (tertiary/aromatic N) is 1. The van der Waals surface area contributed by atoms with Gasteiger partial charge in [-0.15, -0.1) is 11.3 Å². The smallest absolute Gasteiger partial charge is 0.350 e. The summed E-state index contributed by atoms with van der Waals surface area (Å²) in [5.41, 5.74) is 1.09. The van der Waals surface area contributed by atoms with Gasteiger partial charge in [0.2, 0.25) is 5.78 Å². The number of Topliss-reactive ketones (excluding diaryl/α,β-unsaturated/α-hetero) is 1. The zero-order valence-corrected chi connectivity index (χ0v) is 13.7. The molecular formula is C16H17NO4S. The molecular weight excluding hydrogens is 302 g/mol. The minimum atomic E-state index is -0.859. The largest absolute Gasteiger partial charge is 0.497 e. The molecule has 5 nitrogen and oxygen atoms in total. The molecule has 1 atom stereocenters. The summed E-state index contributed by atoms with van der Waals surface area (Å²) < 4.78 is 10.3. The minimum absolute atomic E-state index is 0.255. The van der Waals surface area contributed by atoms with Crippen molar-refractivity contribution in [2.45, 2.75) is 26.9 Å². The Balaban J connectivity index is 2.07. The summed E-state index contributed by atoms with van der Waals surface area (Å²) in [6.45, 7) is 5.13. The number of carbonyl (C=O) groups is 2. The van der Waals surface area contributed by atoms with Crippen molar-refractivity contribution in [2.75, 3.05) is 7.11 Å². The van der Waals surface area contributed by atoms with Crippen LogP contribution in [0.15, 0.2) is 24.3 Å². The van der Waals surface area contributed by atoms with Crippen LogP contribution in [0.3, 0.4) is 0 Å². The quantitative estimate of drug-likeness (QED) is 0.625. The van der Waals surface area contributed by atoms with Crippen molar-refractivity contribution in [3.63, 3.8) is 0 Å². The Morgan fingerprint density at radius 2 is 1.82 bits per heavy atom. The Kier molecular flexibility index (Phi) is 4.92. The molecule has 1 aromatic carbocycles. The van der Waals surface area contributed by atoms with Crippen LogP contribution in [0.5, 0.6) is 5.75 Å². The number of ketones is 1. The maximum absolute atomic E-state index is 12.3. The monoisotopic (exact) mass is 319 g/mol. The number of methoxy groups -OCH3 is 1. The Hall–Kier alpha value is -2.21. The molecule has 0 radical (unpaired) electrons. The molecule has 0 saturated carbocycles. The van der Waals surface area contributed by atoms with Crippen LogP contribution in [0.1, 0.15) is 37.7 Å². The number of thiazole rings is 1. The molecule has 6 heteroatoms. The van der Waals surface area contributed by atoms with E-state index in [1.165, 1.54) is 11.3 Å². The summed E-state index contributed by atoms with van der Waals surface area (Å²) in [7, 11) is 1.56. The second-order valence-electron chi connectivity index (χ2n) is 4.79. The minimum Gasteiger partial charge on any atom is -0.497 e. The van der Waals surface area contributed by atoms with Crippen molar-refractivity contribution >= 4 is 23.1 Å². The number of hydrogen-bond acceptors (Lipinski definition) is 6. The van der Waals surface area contributed by atoms with Gasteiger partial charge in [-0.1, -0.05) is 0 Å². The highest BCUT2D eigenvalue weighted by Gasteiger charge is 2.23. The first-order chi connectivity index (χ1) is 10.4. The highest BCUT2D eigenvalue weighted by Crippen LogP contribution is 2.20. The van der Waals surface area contributed by atoms with Gasteiger partial charge in [-0.25, -0.2) is 9.78 Å². The van der Waals surface area contributed by atoms with Gasteiger partial charge < -0.3 is 9.47 Å². The van der Waals surface area contributed by atoms with E-state index in [4.69, 9.17) is 9.47 Å². The first kappa shape index (κ1) is 16.2. The van der Waals surface area contributed by atoms with Gasteiger partial charge in [-0.05, 0) is 45.0 Å². The van der Waals surface area contributed by atoms with Crippen molar-refractivity contribution in [1.29, 1.82) is 0 Å². The number of benzene rings is 1. The lowest BCUT2D eigenvalue weighted by Gasteiger charge is -2.12. The third-order valence-corrected chi connectivity index (χ3v) is 4.17. The first-order valence-electron chi connectivity index (χ1n) is 6.75. The molecule has 0 bridgehead atoms. The second kappa shape index (κ2) is 6.70. The summed E-state index contributed by atoms with van der Waals surface area (Å²) in [4.78, 5) is 29.0. The number of esters is 1. The van der Waals surface area contributed by atoms with Crippen molar-refractivity contribution in [1.82, 2.24) is 4.98 Å². The molecule has 0 aliphatic heterocycles. The fourth-order valence-corrected chi connectivity index (χ4v) is 2.78. The summed E-state index contributed by atoms with van der Waals surface area (Å²) in [5.74, 6) is -0.107. The molecule has 0 unspecified atom stereocenters. The normalized spacial score (nSPS) is 11.8. The molecule has 1 heterocycles. The van der Waals surface area contributed by atoms with Crippen LogP contribution < -0.4 is 4.74 Å². The number of ether oxygens (including phenoxy) is 2. The van der Waals surface area contributed by atoms with Crippen LogP contribution in [0.2, 0.25) is 0 Å². The van der Waals surface area contributed by atoms with Crippen molar-refractivity contribution in [3.05, 3.63) is 45.4 Å². The Morgan fingerprint density at radius 1 is 1.18 bits per heavy atom. The summed E-state index contributed by atoms with van der Waals surface area (Å²) >= 11 is 1.26. The van der Waals surface area contributed by atoms with E-state index in [0.717, 1.165) is 5.01 Å². The molecule has 0 aliphatic rings. The fraction of sp³-hybridized carbons (Fsp3) is 0.312. The van der Waals surface area contributed by atoms with Gasteiger partial charge in [0.1, 0.15) is 10.6 Å². The molecule has 0 aliphatic carbocycles. The van der Waals surface area contributed by atoms with E-state index < -0.39 is 12.1 Å². The number of rotatable bonds is 5. The molecule has 116 valence electrons. The van der Waals surface area contributed by atoms with E-state index in [0.29, 0.717) is 21.9 Å². The number of hydrogen-bond donors (Lipinski definition) is 0. The van der Waals surface area contributed by atoms with Gasteiger partial charge >= 0.3 is 5.97 Å². The summed E-state index contributed by atoms with van der Waals surface area (Å²) in [5, 5.41) is 0.790. The van der Waals surface area contributed by atoms with Crippen molar-refractivity contribution in [2.24, 2.45) is 0 Å². The SMILES string of the molecule is COc1ccc(C(=O)[C@@H](C)OC(=O)c2sc(C)nc2C)cc1. The van der Waals surface area contributed by atoms with Gasteiger partial charge in [-0.3, -0.25) is 4.79 Å². The highest BCUT2D eigenvalue weighted by molar-refractivity contribution is 7.13. The average Bonchev–Trinajstić information content (AvgIpc) is 2.85. The zero-order valence-electron chi connectivity index (χ0n) is 12.9. The van der Waals surface area contributed by atoms with E-state index in [-0.39, 0.29) is 5.78 Å². The Morgan fingerprint density at radius 3 is 2.32 bits per heavy atom. The third-order valence-electron chi connectivity index (χ3n) is 3.12. The standard InChI is InChI=1S/C16H17NO4S/c1-9-15(22-11(3)17-9)16(19)21-10(2)14(18)12-5-7-13(20-4)8-6-12/h5-8,10H,1-4H3/t10-/m1/s1. The average molecular weight is 319 g/mol. The number of aromatic nitrogens is 1. The first-order valence-corrected chi connectivity index (χ1v) is 7.57. The van der Waals surface area contributed by atoms with Crippen LogP contribution in [0, 0.1) is 13.8 Å². The highest BCUT2D eigenvalue weighted by atomic mass is 32.1. The molecule has 22 heavy (non-hydrogen) atoms. The summed E-state index contributed by atoms with van der Waals surface area (Å²) in [6, 6.07) is 6.68. The van der Waals surface area contributed by atoms with E-state index in [2.05, 4.69) is 4.98 Å². The Labute approximate surface area is 132 Å². The molecule has 0 amide bonds. The van der Waals surface area contributed by atoms with E-state index in [9.17, 15) is 9.59 Å². The number of carbonyl (C=O) groups excluding carboxylic acids is 2. The topological polar surface area (TPSA) is 65.5 Å². The molecule has 0 saturated heterocycles. The van der Waals surface area contributed by atoms with E-state index in [1.807, 2.05) is 6.92 Å². The van der Waals surface area contributed by atoms with Crippen LogP contribution in [-0.4, -0.2) is 30.0 Å². The molecule has 2 rings (SSSR count). The lowest BCUT2D eigenvalue weighted by Crippen LogP contribution is -2.24. The van der Waals surface area contributed by atoms with Gasteiger partial charge in [0.05, 0.1) is 17.8 Å². The van der Waals surface area contributed by atoms with Crippen LogP contribution in [-0.2, 0) is 4.74 Å². The fourth-order valence-electron chi connectivity index (χ4n) is 1.98. The van der Waals surface area contributed by atoms with E-state index in [1.54, 1.807) is 45.2 Å². The molecule has 0 spiro atoms. The maximum Gasteiger partial charge on any atom is 0.350 e. The summed E-state index contributed by atoms with van der Waals surface area (Å²) in [6.07, 6.45) is -0.859. The van der Waals surface area contributed by atoms with Crippen LogP contribution in [0.25, 0.3) is 0 Å². The van der Waals surface area contributed by atoms with Gasteiger partial charge in [0.15, 0.2) is 6.10 Å². The van der Waals surface area contributed by atoms with Gasteiger partial charge in [-0.2, -0.15) is 0 Å². The lowest BCUT2D eigenvalue weighted by molar-refractivity contribution is 0.0322. The van der Waals surface area contributed by atoms with Crippen molar-refractivity contribution in [3.8, 4) is 5.75 Å². The molecule has 2 aromatic rings. The van der Waals surface area contributed by atoms with Crippen LogP contribution >= 0.6 is 11.3 Å². The van der Waals surface area contributed by atoms with Crippen molar-refractivity contribution < 1.29 is 19.1 Å². The number of aryl methyl sites for hydroxylation is 2. The van der Waals surface area contributed by atoms with Gasteiger partial charge in [0.25, 0.3) is 0 Å². The van der Waals surface area contributed by atoms with Gasteiger partial charge in [0, 0.05) is 5.56 Å². The third kappa shape index (κ3) is 3.51.